The van der Waals surface area contributed by atoms with E-state index in [2.05, 4.69) is 55.0 Å². The Bertz CT molecular complexity index is 799. The van der Waals surface area contributed by atoms with Crippen molar-refractivity contribution < 1.29 is 4.74 Å². The lowest BCUT2D eigenvalue weighted by molar-refractivity contribution is 0.303. The van der Waals surface area contributed by atoms with Crippen LogP contribution >= 0.6 is 0 Å². The fraction of sp³-hybridized carbons (Fsp3) is 0.333. The summed E-state index contributed by atoms with van der Waals surface area (Å²) in [5.74, 6) is 0.670. The number of rotatable bonds is 5. The zero-order valence-corrected chi connectivity index (χ0v) is 14.6. The van der Waals surface area contributed by atoms with E-state index in [1.54, 1.807) is 6.33 Å². The van der Waals surface area contributed by atoms with Crippen LogP contribution in [0.3, 0.4) is 0 Å². The van der Waals surface area contributed by atoms with Gasteiger partial charge in [-0.3, -0.25) is 0 Å². The molecule has 24 heavy (non-hydrogen) atoms. The summed E-state index contributed by atoms with van der Waals surface area (Å²) in [6, 6.07) is 16.8. The van der Waals surface area contributed by atoms with Gasteiger partial charge in [0.1, 0.15) is 6.33 Å². The second-order valence-corrected chi connectivity index (χ2v) is 7.09. The molecule has 0 amide bonds. The molecule has 0 aliphatic carbocycles. The number of hydrogen-bond acceptors (Lipinski definition) is 3. The maximum absolute atomic E-state index is 5.87. The van der Waals surface area contributed by atoms with E-state index in [0.29, 0.717) is 12.5 Å². The quantitative estimate of drug-likeness (QED) is 0.625. The van der Waals surface area contributed by atoms with E-state index in [-0.39, 0.29) is 5.41 Å². The van der Waals surface area contributed by atoms with Gasteiger partial charge in [-0.25, -0.2) is 9.97 Å². The van der Waals surface area contributed by atoms with Crippen LogP contribution in [0, 0.1) is 0 Å². The summed E-state index contributed by atoms with van der Waals surface area (Å²) in [7, 11) is 0. The Morgan fingerprint density at radius 1 is 0.917 bits per heavy atom. The summed E-state index contributed by atoms with van der Waals surface area (Å²) in [6.45, 7) is 7.37. The highest BCUT2D eigenvalue weighted by Crippen LogP contribution is 2.23. The van der Waals surface area contributed by atoms with Crippen molar-refractivity contribution in [1.29, 1.82) is 0 Å². The van der Waals surface area contributed by atoms with Crippen LogP contribution in [0.15, 0.2) is 54.9 Å². The fourth-order valence-electron chi connectivity index (χ4n) is 2.71. The van der Waals surface area contributed by atoms with Crippen LogP contribution in [-0.4, -0.2) is 16.6 Å². The summed E-state index contributed by atoms with van der Waals surface area (Å²) in [5.41, 5.74) is 3.84. The highest BCUT2D eigenvalue weighted by Gasteiger charge is 2.12. The number of aromatic nitrogens is 2. The van der Waals surface area contributed by atoms with Crippen LogP contribution in [0.25, 0.3) is 10.9 Å². The molecule has 0 atom stereocenters. The molecule has 0 aliphatic heterocycles. The van der Waals surface area contributed by atoms with Gasteiger partial charge in [0.15, 0.2) is 0 Å². The van der Waals surface area contributed by atoms with Crippen LogP contribution in [0.2, 0.25) is 0 Å². The van der Waals surface area contributed by atoms with Crippen LogP contribution in [0.4, 0.5) is 0 Å². The smallest absolute Gasteiger partial charge is 0.224 e. The first kappa shape index (κ1) is 16.4. The van der Waals surface area contributed by atoms with E-state index in [0.717, 1.165) is 23.7 Å². The second kappa shape index (κ2) is 7.00. The van der Waals surface area contributed by atoms with Crippen LogP contribution < -0.4 is 4.74 Å². The monoisotopic (exact) mass is 320 g/mol. The maximum atomic E-state index is 5.87. The minimum absolute atomic E-state index is 0.204. The third kappa shape index (κ3) is 3.91. The van der Waals surface area contributed by atoms with E-state index in [1.165, 1.54) is 11.1 Å². The van der Waals surface area contributed by atoms with E-state index in [4.69, 9.17) is 4.74 Å². The lowest BCUT2D eigenvalue weighted by Crippen LogP contribution is -2.10. The summed E-state index contributed by atoms with van der Waals surface area (Å²) >= 11 is 0. The zero-order chi connectivity index (χ0) is 17.0. The standard InChI is InChI=1S/C21H24N2O/c1-21(2,3)17-12-10-16(11-13-17)7-6-14-24-20-18-8-4-5-9-19(18)22-15-23-20/h4-5,8-13,15H,6-7,14H2,1-3H3. The van der Waals surface area contributed by atoms with Crippen LogP contribution in [-0.2, 0) is 11.8 Å². The SMILES string of the molecule is CC(C)(C)c1ccc(CCCOc2ncnc3ccccc23)cc1. The molecule has 3 aromatic rings. The van der Waals surface area contributed by atoms with Gasteiger partial charge in [-0.15, -0.1) is 0 Å². The molecule has 1 heterocycles. The molecule has 0 aliphatic rings. The molecule has 2 aromatic carbocycles. The first-order chi connectivity index (χ1) is 11.5. The van der Waals surface area contributed by atoms with E-state index in [9.17, 15) is 0 Å². The van der Waals surface area contributed by atoms with Crippen molar-refractivity contribution in [2.24, 2.45) is 0 Å². The Morgan fingerprint density at radius 3 is 2.42 bits per heavy atom. The molecule has 0 fully saturated rings. The van der Waals surface area contributed by atoms with Crippen LogP contribution in [0.1, 0.15) is 38.3 Å². The average molecular weight is 320 g/mol. The van der Waals surface area contributed by atoms with Gasteiger partial charge in [-0.1, -0.05) is 57.2 Å². The Morgan fingerprint density at radius 2 is 1.67 bits per heavy atom. The maximum Gasteiger partial charge on any atom is 0.224 e. The minimum atomic E-state index is 0.204. The molecule has 1 aromatic heterocycles. The van der Waals surface area contributed by atoms with Crippen molar-refractivity contribution >= 4 is 10.9 Å². The third-order valence-corrected chi connectivity index (χ3v) is 4.17. The molecule has 3 heteroatoms. The Balaban J connectivity index is 1.55. The lowest BCUT2D eigenvalue weighted by atomic mass is 9.86. The second-order valence-electron chi connectivity index (χ2n) is 7.09. The molecule has 0 unspecified atom stereocenters. The summed E-state index contributed by atoms with van der Waals surface area (Å²) in [6.07, 6.45) is 3.53. The molecule has 0 spiro atoms. The highest BCUT2D eigenvalue weighted by atomic mass is 16.5. The number of benzene rings is 2. The third-order valence-electron chi connectivity index (χ3n) is 4.17. The fourth-order valence-corrected chi connectivity index (χ4v) is 2.71. The van der Waals surface area contributed by atoms with Gasteiger partial charge in [0.2, 0.25) is 5.88 Å². The topological polar surface area (TPSA) is 35.0 Å². The normalized spacial score (nSPS) is 11.6. The summed E-state index contributed by atoms with van der Waals surface area (Å²) in [4.78, 5) is 8.51. The summed E-state index contributed by atoms with van der Waals surface area (Å²) in [5, 5.41) is 0.967. The van der Waals surface area contributed by atoms with Crippen LogP contribution in [0.5, 0.6) is 5.88 Å². The molecule has 124 valence electrons. The van der Waals surface area contributed by atoms with Crippen molar-refractivity contribution in [1.82, 2.24) is 9.97 Å². The van der Waals surface area contributed by atoms with Gasteiger partial charge in [0.25, 0.3) is 0 Å². The van der Waals surface area contributed by atoms with Crippen molar-refractivity contribution in [3.8, 4) is 5.88 Å². The molecule has 0 radical (unpaired) electrons. The van der Waals surface area contributed by atoms with Gasteiger partial charge in [-0.05, 0) is 41.5 Å². The first-order valence-corrected chi connectivity index (χ1v) is 8.46. The van der Waals surface area contributed by atoms with Gasteiger partial charge in [0.05, 0.1) is 17.5 Å². The zero-order valence-electron chi connectivity index (χ0n) is 14.6. The van der Waals surface area contributed by atoms with Crippen molar-refractivity contribution in [2.45, 2.75) is 39.0 Å². The molecule has 0 saturated carbocycles. The molecule has 0 N–H and O–H groups in total. The van der Waals surface area contributed by atoms with Crippen molar-refractivity contribution in [3.05, 3.63) is 66.0 Å². The lowest BCUT2D eigenvalue weighted by Gasteiger charge is -2.19. The van der Waals surface area contributed by atoms with E-state index in [1.807, 2.05) is 24.3 Å². The molecule has 3 rings (SSSR count). The molecular weight excluding hydrogens is 296 g/mol. The average Bonchev–Trinajstić information content (AvgIpc) is 2.58. The number of aryl methyl sites for hydroxylation is 1. The minimum Gasteiger partial charge on any atom is -0.477 e. The predicted molar refractivity (Wildman–Crippen MR) is 98.5 cm³/mol. The highest BCUT2D eigenvalue weighted by molar-refractivity contribution is 5.82. The Kier molecular flexibility index (Phi) is 4.79. The van der Waals surface area contributed by atoms with Gasteiger partial charge < -0.3 is 4.74 Å². The number of para-hydroxylation sites is 1. The number of ether oxygens (including phenoxy) is 1. The largest absolute Gasteiger partial charge is 0.477 e. The number of nitrogens with zero attached hydrogens (tertiary/aromatic N) is 2. The molecule has 3 nitrogen and oxygen atoms in total. The number of hydrogen-bond donors (Lipinski definition) is 0. The Hall–Kier alpha value is -2.42. The predicted octanol–water partition coefficient (Wildman–Crippen LogP) is 4.94. The summed E-state index contributed by atoms with van der Waals surface area (Å²) < 4.78 is 5.87. The van der Waals surface area contributed by atoms with E-state index >= 15 is 0 Å². The van der Waals surface area contributed by atoms with Crippen molar-refractivity contribution in [3.63, 3.8) is 0 Å². The molecule has 0 bridgehead atoms. The van der Waals surface area contributed by atoms with Gasteiger partial charge in [-0.2, -0.15) is 0 Å². The van der Waals surface area contributed by atoms with Gasteiger partial charge in [0, 0.05) is 0 Å². The molecule has 0 saturated heterocycles. The molecular formula is C21H24N2O. The van der Waals surface area contributed by atoms with Gasteiger partial charge >= 0.3 is 0 Å². The van der Waals surface area contributed by atoms with E-state index < -0.39 is 0 Å². The first-order valence-electron chi connectivity index (χ1n) is 8.46. The number of fused-ring (bicyclic) bond motifs is 1. The Labute approximate surface area is 143 Å². The van der Waals surface area contributed by atoms with Crippen molar-refractivity contribution in [2.75, 3.05) is 6.61 Å².